The van der Waals surface area contributed by atoms with Gasteiger partial charge >= 0.3 is 0 Å². The van der Waals surface area contributed by atoms with Gasteiger partial charge in [0.25, 0.3) is 0 Å². The fraction of sp³-hybridized carbons (Fsp3) is 0.400. The molecule has 28 heavy (non-hydrogen) atoms. The number of hydrogen-bond acceptors (Lipinski definition) is 4. The molecule has 1 atom stereocenters. The van der Waals surface area contributed by atoms with E-state index in [1.54, 1.807) is 13.1 Å². The van der Waals surface area contributed by atoms with Crippen LogP contribution in [0.3, 0.4) is 0 Å². The molecule has 1 amide bonds. The Morgan fingerprint density at radius 1 is 1.29 bits per heavy atom. The highest BCUT2D eigenvalue weighted by Gasteiger charge is 2.07. The SMILES string of the molecule is CN=C(NCCOc1cccc(NC(C)=O)c1)NC(C)Cc1ccc(C)s1.I. The number of benzene rings is 1. The lowest BCUT2D eigenvalue weighted by molar-refractivity contribution is -0.114. The fourth-order valence-corrected chi connectivity index (χ4v) is 3.60. The molecule has 1 heterocycles. The van der Waals surface area contributed by atoms with Crippen molar-refractivity contribution in [3.8, 4) is 5.75 Å². The van der Waals surface area contributed by atoms with Crippen LogP contribution >= 0.6 is 35.3 Å². The molecule has 6 nitrogen and oxygen atoms in total. The van der Waals surface area contributed by atoms with Gasteiger partial charge in [0, 0.05) is 47.9 Å². The van der Waals surface area contributed by atoms with Gasteiger partial charge in [0.15, 0.2) is 5.96 Å². The first kappa shape index (κ1) is 24.2. The van der Waals surface area contributed by atoms with Crippen molar-refractivity contribution in [2.24, 2.45) is 4.99 Å². The number of halogens is 1. The zero-order chi connectivity index (χ0) is 19.6. The van der Waals surface area contributed by atoms with Gasteiger partial charge in [-0.25, -0.2) is 0 Å². The van der Waals surface area contributed by atoms with Crippen molar-refractivity contribution in [2.75, 3.05) is 25.5 Å². The molecule has 0 fully saturated rings. The van der Waals surface area contributed by atoms with Crippen LogP contribution in [0.5, 0.6) is 5.75 Å². The van der Waals surface area contributed by atoms with Gasteiger partial charge in [-0.2, -0.15) is 0 Å². The molecule has 1 aromatic carbocycles. The number of anilines is 1. The van der Waals surface area contributed by atoms with E-state index in [0.717, 1.165) is 18.1 Å². The Labute approximate surface area is 188 Å². The van der Waals surface area contributed by atoms with E-state index in [2.05, 4.69) is 46.9 Å². The van der Waals surface area contributed by atoms with Gasteiger partial charge in [-0.3, -0.25) is 9.79 Å². The van der Waals surface area contributed by atoms with Crippen molar-refractivity contribution < 1.29 is 9.53 Å². The summed E-state index contributed by atoms with van der Waals surface area (Å²) in [5.74, 6) is 1.37. The zero-order valence-electron chi connectivity index (χ0n) is 16.7. The molecular formula is C20H29IN4O2S. The molecule has 1 aromatic heterocycles. The third-order valence-corrected chi connectivity index (χ3v) is 4.75. The van der Waals surface area contributed by atoms with Crippen molar-refractivity contribution in [2.45, 2.75) is 33.2 Å². The molecule has 154 valence electrons. The molecule has 1 unspecified atom stereocenters. The molecule has 0 aliphatic heterocycles. The van der Waals surface area contributed by atoms with Gasteiger partial charge in [0.2, 0.25) is 5.91 Å². The Morgan fingerprint density at radius 3 is 2.71 bits per heavy atom. The third-order valence-electron chi connectivity index (χ3n) is 3.73. The molecule has 0 saturated carbocycles. The van der Waals surface area contributed by atoms with Crippen LogP contribution in [0.4, 0.5) is 5.69 Å². The average Bonchev–Trinajstić information content (AvgIpc) is 3.02. The van der Waals surface area contributed by atoms with Crippen molar-refractivity contribution in [3.05, 3.63) is 46.2 Å². The summed E-state index contributed by atoms with van der Waals surface area (Å²) in [6.45, 7) is 6.86. The Hall–Kier alpha value is -1.81. The second-order valence-corrected chi connectivity index (χ2v) is 7.69. The highest BCUT2D eigenvalue weighted by atomic mass is 127. The van der Waals surface area contributed by atoms with Crippen molar-refractivity contribution in [1.29, 1.82) is 0 Å². The first-order valence-electron chi connectivity index (χ1n) is 8.99. The van der Waals surface area contributed by atoms with E-state index < -0.39 is 0 Å². The highest BCUT2D eigenvalue weighted by molar-refractivity contribution is 14.0. The van der Waals surface area contributed by atoms with Gasteiger partial charge in [-0.15, -0.1) is 35.3 Å². The fourth-order valence-electron chi connectivity index (χ4n) is 2.58. The zero-order valence-corrected chi connectivity index (χ0v) is 19.9. The number of carbonyl (C=O) groups excluding carboxylic acids is 1. The van der Waals surface area contributed by atoms with Gasteiger partial charge in [-0.1, -0.05) is 6.07 Å². The summed E-state index contributed by atoms with van der Waals surface area (Å²) in [6.07, 6.45) is 0.964. The molecule has 0 radical (unpaired) electrons. The summed E-state index contributed by atoms with van der Waals surface area (Å²) in [7, 11) is 1.76. The maximum Gasteiger partial charge on any atom is 0.221 e. The lowest BCUT2D eigenvalue weighted by atomic mass is 10.2. The minimum atomic E-state index is -0.101. The predicted octanol–water partition coefficient (Wildman–Crippen LogP) is 3.81. The molecule has 0 saturated heterocycles. The number of hydrogen-bond donors (Lipinski definition) is 3. The number of nitrogens with zero attached hydrogens (tertiary/aromatic N) is 1. The smallest absolute Gasteiger partial charge is 0.221 e. The van der Waals surface area contributed by atoms with Crippen molar-refractivity contribution in [3.63, 3.8) is 0 Å². The normalized spacial score (nSPS) is 11.9. The van der Waals surface area contributed by atoms with Gasteiger partial charge in [-0.05, 0) is 38.1 Å². The van der Waals surface area contributed by atoms with Crippen LogP contribution in [0.2, 0.25) is 0 Å². The molecule has 0 spiro atoms. The van der Waals surface area contributed by atoms with Crippen LogP contribution in [-0.2, 0) is 11.2 Å². The van der Waals surface area contributed by atoms with Crippen molar-refractivity contribution in [1.82, 2.24) is 10.6 Å². The highest BCUT2D eigenvalue weighted by Crippen LogP contribution is 2.17. The first-order valence-corrected chi connectivity index (χ1v) is 9.81. The van der Waals surface area contributed by atoms with Crippen LogP contribution in [0.15, 0.2) is 41.4 Å². The number of aryl methyl sites for hydroxylation is 1. The second-order valence-electron chi connectivity index (χ2n) is 6.32. The van der Waals surface area contributed by atoms with Crippen LogP contribution in [0.25, 0.3) is 0 Å². The van der Waals surface area contributed by atoms with Gasteiger partial charge in [0.1, 0.15) is 12.4 Å². The molecule has 2 aromatic rings. The summed E-state index contributed by atoms with van der Waals surface area (Å²) in [5, 5.41) is 9.40. The third kappa shape index (κ3) is 8.92. The summed E-state index contributed by atoms with van der Waals surface area (Å²) >= 11 is 1.83. The van der Waals surface area contributed by atoms with Gasteiger partial charge in [0.05, 0.1) is 6.54 Å². The van der Waals surface area contributed by atoms with Gasteiger partial charge < -0.3 is 20.7 Å². The maximum atomic E-state index is 11.1. The van der Waals surface area contributed by atoms with Crippen LogP contribution in [-0.4, -0.2) is 38.1 Å². The number of thiophene rings is 1. The molecular weight excluding hydrogens is 487 g/mol. The quantitative estimate of drug-likeness (QED) is 0.216. The number of rotatable bonds is 8. The molecule has 2 rings (SSSR count). The van der Waals surface area contributed by atoms with E-state index in [0.29, 0.717) is 18.9 Å². The number of amides is 1. The number of aliphatic imine (C=N–C) groups is 1. The summed E-state index contributed by atoms with van der Waals surface area (Å²) in [5.41, 5.74) is 0.725. The molecule has 3 N–H and O–H groups in total. The summed E-state index contributed by atoms with van der Waals surface area (Å²) in [6, 6.07) is 12.0. The Balaban J connectivity index is 0.00000392. The summed E-state index contributed by atoms with van der Waals surface area (Å²) < 4.78 is 5.73. The first-order chi connectivity index (χ1) is 13.0. The van der Waals surface area contributed by atoms with Crippen LogP contribution < -0.4 is 20.7 Å². The second kappa shape index (κ2) is 12.6. The maximum absolute atomic E-state index is 11.1. The minimum absolute atomic E-state index is 0. The number of ether oxygens (including phenoxy) is 1. The standard InChI is InChI=1S/C20H28N4O2S.HI/c1-14(12-19-9-8-15(2)27-19)23-20(21-4)22-10-11-26-18-7-5-6-17(13-18)24-16(3)25;/h5-9,13-14H,10-12H2,1-4H3,(H,24,25)(H2,21,22,23);1H. The Morgan fingerprint density at radius 2 is 2.07 bits per heavy atom. The average molecular weight is 516 g/mol. The predicted molar refractivity (Wildman–Crippen MR) is 128 cm³/mol. The minimum Gasteiger partial charge on any atom is -0.492 e. The van der Waals surface area contributed by atoms with E-state index in [1.165, 1.54) is 16.7 Å². The molecule has 8 heteroatoms. The van der Waals surface area contributed by atoms with Crippen molar-refractivity contribution >= 4 is 52.9 Å². The van der Waals surface area contributed by atoms with E-state index in [4.69, 9.17) is 4.74 Å². The van der Waals surface area contributed by atoms with E-state index >= 15 is 0 Å². The summed E-state index contributed by atoms with van der Waals surface area (Å²) in [4.78, 5) is 18.1. The number of nitrogens with one attached hydrogen (secondary N) is 3. The Kier molecular flexibility index (Phi) is 10.9. The van der Waals surface area contributed by atoms with E-state index in [1.807, 2.05) is 29.5 Å². The lowest BCUT2D eigenvalue weighted by Gasteiger charge is -2.17. The van der Waals surface area contributed by atoms with E-state index in [9.17, 15) is 4.79 Å². The number of guanidine groups is 1. The molecule has 0 aliphatic carbocycles. The van der Waals surface area contributed by atoms with E-state index in [-0.39, 0.29) is 35.9 Å². The van der Waals surface area contributed by atoms with Crippen LogP contribution in [0, 0.1) is 6.92 Å². The monoisotopic (exact) mass is 516 g/mol. The lowest BCUT2D eigenvalue weighted by Crippen LogP contribution is -2.44. The largest absolute Gasteiger partial charge is 0.492 e. The molecule has 0 bridgehead atoms. The topological polar surface area (TPSA) is 74.8 Å². The Bertz CT molecular complexity index is 779. The number of carbonyl (C=O) groups is 1. The molecule has 0 aliphatic rings. The van der Waals surface area contributed by atoms with Crippen LogP contribution in [0.1, 0.15) is 23.6 Å².